The fourth-order valence-corrected chi connectivity index (χ4v) is 2.49. The number of H-pyrrole nitrogens is 1. The van der Waals surface area contributed by atoms with Gasteiger partial charge in [0, 0.05) is 30.1 Å². The number of nitrogen functional groups attached to an aromatic ring is 2. The molecule has 9 nitrogen and oxygen atoms in total. The first-order valence-corrected chi connectivity index (χ1v) is 7.31. The van der Waals surface area contributed by atoms with E-state index in [4.69, 9.17) is 25.7 Å². The quantitative estimate of drug-likeness (QED) is 0.603. The van der Waals surface area contributed by atoms with Crippen molar-refractivity contribution < 1.29 is 14.2 Å². The smallest absolute Gasteiger partial charge is 0.223 e. The molecule has 0 atom stereocenters. The van der Waals surface area contributed by atoms with E-state index in [1.165, 1.54) is 0 Å². The van der Waals surface area contributed by atoms with E-state index in [1.807, 2.05) is 0 Å². The van der Waals surface area contributed by atoms with Crippen LogP contribution in [0, 0.1) is 0 Å². The number of rotatable bonds is 5. The number of aromatic amines is 1. The molecule has 0 saturated heterocycles. The SMILES string of the molecule is COc1cc(N=Cc2c[nH]c3nc(N)nc(N)c23)cc(OC)c1OC. The van der Waals surface area contributed by atoms with Gasteiger partial charge in [0.2, 0.25) is 11.7 Å². The van der Waals surface area contributed by atoms with Crippen molar-refractivity contribution in [1.29, 1.82) is 0 Å². The molecule has 0 saturated carbocycles. The maximum absolute atomic E-state index is 5.93. The first-order valence-electron chi connectivity index (χ1n) is 7.31. The largest absolute Gasteiger partial charge is 0.493 e. The molecule has 2 heterocycles. The molecule has 130 valence electrons. The van der Waals surface area contributed by atoms with Crippen LogP contribution in [0.5, 0.6) is 17.2 Å². The fraction of sp³-hybridized carbons (Fsp3) is 0.188. The summed E-state index contributed by atoms with van der Waals surface area (Å²) in [6.07, 6.45) is 3.38. The first kappa shape index (κ1) is 16.4. The standard InChI is InChI=1S/C16H18N6O3/c1-23-10-4-9(5-11(24-2)13(10)25-3)19-6-8-7-20-15-12(8)14(17)21-16(18)22-15/h4-7H,1-3H3,(H5,17,18,20,21,22). The summed E-state index contributed by atoms with van der Waals surface area (Å²) in [7, 11) is 4.64. The molecule has 5 N–H and O–H groups in total. The van der Waals surface area contributed by atoms with E-state index >= 15 is 0 Å². The van der Waals surface area contributed by atoms with E-state index in [0.29, 0.717) is 34.0 Å². The first-order chi connectivity index (χ1) is 12.1. The van der Waals surface area contributed by atoms with Gasteiger partial charge in [0.25, 0.3) is 0 Å². The minimum Gasteiger partial charge on any atom is -0.493 e. The van der Waals surface area contributed by atoms with Gasteiger partial charge in [0.05, 0.1) is 32.4 Å². The number of hydrogen-bond donors (Lipinski definition) is 3. The van der Waals surface area contributed by atoms with E-state index in [9.17, 15) is 0 Å². The Bertz CT molecular complexity index is 925. The predicted molar refractivity (Wildman–Crippen MR) is 96.1 cm³/mol. The molecule has 0 bridgehead atoms. The molecule has 2 aromatic heterocycles. The second-order valence-corrected chi connectivity index (χ2v) is 5.08. The number of nitrogens with two attached hydrogens (primary N) is 2. The van der Waals surface area contributed by atoms with Crippen LogP contribution in [-0.4, -0.2) is 42.5 Å². The number of aromatic nitrogens is 3. The lowest BCUT2D eigenvalue weighted by atomic mass is 10.2. The number of hydrogen-bond acceptors (Lipinski definition) is 8. The molecule has 0 aliphatic rings. The maximum atomic E-state index is 5.93. The zero-order valence-electron chi connectivity index (χ0n) is 14.0. The molecule has 25 heavy (non-hydrogen) atoms. The van der Waals surface area contributed by atoms with Crippen molar-refractivity contribution in [1.82, 2.24) is 15.0 Å². The van der Waals surface area contributed by atoms with Crippen LogP contribution in [-0.2, 0) is 0 Å². The van der Waals surface area contributed by atoms with Gasteiger partial charge in [-0.1, -0.05) is 0 Å². The van der Waals surface area contributed by atoms with Gasteiger partial charge in [-0.3, -0.25) is 4.99 Å². The summed E-state index contributed by atoms with van der Waals surface area (Å²) in [5.41, 5.74) is 13.4. The molecule has 3 aromatic rings. The van der Waals surface area contributed by atoms with Gasteiger partial charge in [0.1, 0.15) is 11.5 Å². The number of fused-ring (bicyclic) bond motifs is 1. The van der Waals surface area contributed by atoms with Gasteiger partial charge >= 0.3 is 0 Å². The van der Waals surface area contributed by atoms with Crippen LogP contribution in [0.2, 0.25) is 0 Å². The summed E-state index contributed by atoms with van der Waals surface area (Å²) in [6.45, 7) is 0. The third kappa shape index (κ3) is 2.99. The molecule has 0 unspecified atom stereocenters. The normalized spacial score (nSPS) is 11.2. The van der Waals surface area contributed by atoms with E-state index in [1.54, 1.807) is 45.9 Å². The Morgan fingerprint density at radius 3 is 2.32 bits per heavy atom. The Kier molecular flexibility index (Phi) is 4.29. The van der Waals surface area contributed by atoms with Crippen molar-refractivity contribution >= 4 is 34.7 Å². The highest BCUT2D eigenvalue weighted by atomic mass is 16.5. The van der Waals surface area contributed by atoms with Crippen LogP contribution in [0.15, 0.2) is 23.3 Å². The van der Waals surface area contributed by atoms with Gasteiger partial charge in [0.15, 0.2) is 11.5 Å². The molecule has 0 amide bonds. The topological polar surface area (TPSA) is 134 Å². The average Bonchev–Trinajstić information content (AvgIpc) is 3.01. The van der Waals surface area contributed by atoms with E-state index in [-0.39, 0.29) is 11.8 Å². The fourth-order valence-electron chi connectivity index (χ4n) is 2.49. The number of ether oxygens (including phenoxy) is 3. The molecule has 0 fully saturated rings. The van der Waals surface area contributed by atoms with E-state index in [0.717, 1.165) is 5.56 Å². The Morgan fingerprint density at radius 2 is 1.72 bits per heavy atom. The Balaban J connectivity index is 2.03. The highest BCUT2D eigenvalue weighted by molar-refractivity contribution is 6.03. The molecule has 0 spiro atoms. The number of anilines is 2. The third-order valence-electron chi connectivity index (χ3n) is 3.61. The van der Waals surface area contributed by atoms with Gasteiger partial charge in [-0.05, 0) is 0 Å². The zero-order valence-corrected chi connectivity index (χ0v) is 14.0. The molecular formula is C16H18N6O3. The van der Waals surface area contributed by atoms with Gasteiger partial charge < -0.3 is 30.7 Å². The maximum Gasteiger partial charge on any atom is 0.223 e. The number of nitrogens with zero attached hydrogens (tertiary/aromatic N) is 3. The third-order valence-corrected chi connectivity index (χ3v) is 3.61. The Morgan fingerprint density at radius 1 is 1.04 bits per heavy atom. The lowest BCUT2D eigenvalue weighted by Gasteiger charge is -2.12. The molecule has 0 aliphatic carbocycles. The minimum absolute atomic E-state index is 0.111. The molecule has 0 radical (unpaired) electrons. The summed E-state index contributed by atoms with van der Waals surface area (Å²) in [5.74, 6) is 1.94. The second kappa shape index (κ2) is 6.56. The summed E-state index contributed by atoms with van der Waals surface area (Å²) < 4.78 is 15.9. The number of benzene rings is 1. The summed E-state index contributed by atoms with van der Waals surface area (Å²) in [6, 6.07) is 3.48. The molecule has 1 aromatic carbocycles. The van der Waals surface area contributed by atoms with Crippen LogP contribution in [0.25, 0.3) is 11.0 Å². The van der Waals surface area contributed by atoms with Crippen molar-refractivity contribution in [3.8, 4) is 17.2 Å². The van der Waals surface area contributed by atoms with Crippen LogP contribution >= 0.6 is 0 Å². The van der Waals surface area contributed by atoms with Crippen LogP contribution < -0.4 is 25.7 Å². The van der Waals surface area contributed by atoms with Crippen molar-refractivity contribution in [2.45, 2.75) is 0 Å². The molecule has 0 aliphatic heterocycles. The van der Waals surface area contributed by atoms with E-state index < -0.39 is 0 Å². The molecule has 9 heteroatoms. The Hall–Kier alpha value is -3.49. The Labute approximate surface area is 143 Å². The van der Waals surface area contributed by atoms with Crippen molar-refractivity contribution in [3.63, 3.8) is 0 Å². The van der Waals surface area contributed by atoms with Gasteiger partial charge in [-0.2, -0.15) is 9.97 Å². The van der Waals surface area contributed by atoms with Crippen molar-refractivity contribution in [2.24, 2.45) is 4.99 Å². The summed E-state index contributed by atoms with van der Waals surface area (Å²) >= 11 is 0. The van der Waals surface area contributed by atoms with Crippen molar-refractivity contribution in [3.05, 3.63) is 23.9 Å². The second-order valence-electron chi connectivity index (χ2n) is 5.08. The zero-order chi connectivity index (χ0) is 18.0. The van der Waals surface area contributed by atoms with Crippen LogP contribution in [0.3, 0.4) is 0 Å². The van der Waals surface area contributed by atoms with E-state index in [2.05, 4.69) is 19.9 Å². The van der Waals surface area contributed by atoms with Gasteiger partial charge in [-0.25, -0.2) is 0 Å². The van der Waals surface area contributed by atoms with Crippen LogP contribution in [0.4, 0.5) is 17.5 Å². The highest BCUT2D eigenvalue weighted by Gasteiger charge is 2.13. The minimum atomic E-state index is 0.111. The molecular weight excluding hydrogens is 324 g/mol. The number of nitrogens with one attached hydrogen (secondary N) is 1. The predicted octanol–water partition coefficient (Wildman–Crippen LogP) is 1.90. The van der Waals surface area contributed by atoms with Crippen LogP contribution in [0.1, 0.15) is 5.56 Å². The summed E-state index contributed by atoms with van der Waals surface area (Å²) in [4.78, 5) is 15.5. The summed E-state index contributed by atoms with van der Waals surface area (Å²) in [5, 5.41) is 0.658. The average molecular weight is 342 g/mol. The molecule has 3 rings (SSSR count). The number of aliphatic imine (C=N–C) groups is 1. The lowest BCUT2D eigenvalue weighted by Crippen LogP contribution is -2.00. The lowest BCUT2D eigenvalue weighted by molar-refractivity contribution is 0.324. The van der Waals surface area contributed by atoms with Gasteiger partial charge in [-0.15, -0.1) is 0 Å². The monoisotopic (exact) mass is 342 g/mol. The highest BCUT2D eigenvalue weighted by Crippen LogP contribution is 2.40. The number of methoxy groups -OCH3 is 3. The van der Waals surface area contributed by atoms with Crippen molar-refractivity contribution in [2.75, 3.05) is 32.8 Å².